The number of benzene rings is 1. The predicted molar refractivity (Wildman–Crippen MR) is 71.3 cm³/mol. The number of rotatable bonds is 5. The number of hydrogen-bond donors (Lipinski definition) is 2. The van der Waals surface area contributed by atoms with Crippen molar-refractivity contribution in [2.45, 2.75) is 11.8 Å². The number of anilines is 1. The molecule has 2 N–H and O–H groups in total. The third-order valence-electron chi connectivity index (χ3n) is 2.51. The Labute approximate surface area is 108 Å². The van der Waals surface area contributed by atoms with E-state index in [9.17, 15) is 13.2 Å². The Morgan fingerprint density at radius 2 is 1.83 bits per heavy atom. The molecule has 6 heteroatoms. The second kappa shape index (κ2) is 5.97. The number of nitrogens with one attached hydrogen (secondary N) is 2. The number of sulfone groups is 1. The molecule has 1 aromatic rings. The highest BCUT2D eigenvalue weighted by Gasteiger charge is 2.12. The van der Waals surface area contributed by atoms with Crippen molar-refractivity contribution in [1.82, 2.24) is 5.32 Å². The molecule has 18 heavy (non-hydrogen) atoms. The van der Waals surface area contributed by atoms with Gasteiger partial charge in [-0.1, -0.05) is 6.92 Å². The Hall–Kier alpha value is -1.40. The van der Waals surface area contributed by atoms with Crippen molar-refractivity contribution in [2.75, 3.05) is 25.2 Å². The standard InChI is InChI=1S/C12H18N2O3S/c1-9(8-13-2)12(15)14-10-4-6-11(7-5-10)18(3,16)17/h4-7,9,13H,8H2,1-3H3,(H,14,15). The molecular formula is C12H18N2O3S. The summed E-state index contributed by atoms with van der Waals surface area (Å²) in [5.41, 5.74) is 0.593. The average Bonchev–Trinajstić information content (AvgIpc) is 2.28. The molecule has 0 fully saturated rings. The maximum atomic E-state index is 11.7. The molecule has 0 aromatic heterocycles. The zero-order chi connectivity index (χ0) is 13.8. The SMILES string of the molecule is CNCC(C)C(=O)Nc1ccc(S(C)(=O)=O)cc1. The largest absolute Gasteiger partial charge is 0.326 e. The molecule has 5 nitrogen and oxygen atoms in total. The Morgan fingerprint density at radius 3 is 2.28 bits per heavy atom. The van der Waals surface area contributed by atoms with Gasteiger partial charge in [0.2, 0.25) is 5.91 Å². The maximum absolute atomic E-state index is 11.7. The lowest BCUT2D eigenvalue weighted by atomic mass is 10.1. The van der Waals surface area contributed by atoms with E-state index < -0.39 is 9.84 Å². The summed E-state index contributed by atoms with van der Waals surface area (Å²) in [6, 6.07) is 6.13. The lowest BCUT2D eigenvalue weighted by molar-refractivity contribution is -0.119. The van der Waals surface area contributed by atoms with Gasteiger partial charge in [0.15, 0.2) is 9.84 Å². The highest BCUT2D eigenvalue weighted by molar-refractivity contribution is 7.90. The molecule has 0 radical (unpaired) electrons. The van der Waals surface area contributed by atoms with Gasteiger partial charge in [-0.2, -0.15) is 0 Å². The first-order chi connectivity index (χ1) is 8.34. The summed E-state index contributed by atoms with van der Waals surface area (Å²) in [6.45, 7) is 2.41. The van der Waals surface area contributed by atoms with E-state index in [4.69, 9.17) is 0 Å². The van der Waals surface area contributed by atoms with Gasteiger partial charge in [0.25, 0.3) is 0 Å². The first kappa shape index (κ1) is 14.7. The number of carbonyl (C=O) groups excluding carboxylic acids is 1. The summed E-state index contributed by atoms with van der Waals surface area (Å²) in [7, 11) is -1.41. The quantitative estimate of drug-likeness (QED) is 0.833. The van der Waals surface area contributed by atoms with Crippen molar-refractivity contribution in [3.63, 3.8) is 0 Å². The van der Waals surface area contributed by atoms with E-state index in [0.717, 1.165) is 6.26 Å². The summed E-state index contributed by atoms with van der Waals surface area (Å²) in [5, 5.41) is 5.65. The first-order valence-corrected chi connectivity index (χ1v) is 7.49. The molecule has 0 saturated carbocycles. The Balaban J connectivity index is 2.73. The van der Waals surface area contributed by atoms with Crippen LogP contribution in [0.4, 0.5) is 5.69 Å². The summed E-state index contributed by atoms with van der Waals surface area (Å²) < 4.78 is 22.5. The van der Waals surface area contributed by atoms with Gasteiger partial charge in [0.1, 0.15) is 0 Å². The van der Waals surface area contributed by atoms with Crippen LogP contribution < -0.4 is 10.6 Å². The van der Waals surface area contributed by atoms with E-state index in [-0.39, 0.29) is 16.7 Å². The van der Waals surface area contributed by atoms with Crippen molar-refractivity contribution in [3.8, 4) is 0 Å². The highest BCUT2D eigenvalue weighted by Crippen LogP contribution is 2.14. The fraction of sp³-hybridized carbons (Fsp3) is 0.417. The molecule has 0 bridgehead atoms. The summed E-state index contributed by atoms with van der Waals surface area (Å²) >= 11 is 0. The predicted octanol–water partition coefficient (Wildman–Crippen LogP) is 0.884. The molecule has 0 spiro atoms. The molecule has 0 aliphatic rings. The lowest BCUT2D eigenvalue weighted by Crippen LogP contribution is -2.28. The van der Waals surface area contributed by atoms with E-state index in [2.05, 4.69) is 10.6 Å². The van der Waals surface area contributed by atoms with Crippen LogP contribution in [0, 0.1) is 5.92 Å². The second-order valence-corrected chi connectivity index (χ2v) is 6.26. The van der Waals surface area contributed by atoms with E-state index in [1.807, 2.05) is 6.92 Å². The molecule has 1 amide bonds. The van der Waals surface area contributed by atoms with Crippen molar-refractivity contribution >= 4 is 21.4 Å². The fourth-order valence-corrected chi connectivity index (χ4v) is 2.08. The molecular weight excluding hydrogens is 252 g/mol. The summed E-state index contributed by atoms with van der Waals surface area (Å²) in [6.07, 6.45) is 1.15. The van der Waals surface area contributed by atoms with E-state index in [1.165, 1.54) is 12.1 Å². The molecule has 1 atom stereocenters. The van der Waals surface area contributed by atoms with Gasteiger partial charge in [-0.15, -0.1) is 0 Å². The second-order valence-electron chi connectivity index (χ2n) is 4.24. The fourth-order valence-electron chi connectivity index (χ4n) is 1.45. The number of carbonyl (C=O) groups is 1. The molecule has 1 rings (SSSR count). The average molecular weight is 270 g/mol. The van der Waals surface area contributed by atoms with Gasteiger partial charge in [-0.05, 0) is 31.3 Å². The van der Waals surface area contributed by atoms with Gasteiger partial charge in [-0.25, -0.2) is 8.42 Å². The molecule has 0 saturated heterocycles. The first-order valence-electron chi connectivity index (χ1n) is 5.60. The van der Waals surface area contributed by atoms with Crippen molar-refractivity contribution in [1.29, 1.82) is 0 Å². The van der Waals surface area contributed by atoms with Gasteiger partial charge < -0.3 is 10.6 Å². The lowest BCUT2D eigenvalue weighted by Gasteiger charge is -2.11. The third-order valence-corrected chi connectivity index (χ3v) is 3.64. The number of hydrogen-bond acceptors (Lipinski definition) is 4. The summed E-state index contributed by atoms with van der Waals surface area (Å²) in [4.78, 5) is 12.0. The highest BCUT2D eigenvalue weighted by atomic mass is 32.2. The maximum Gasteiger partial charge on any atom is 0.228 e. The molecule has 0 aliphatic carbocycles. The van der Waals surface area contributed by atoms with Crippen LogP contribution in [0.5, 0.6) is 0 Å². The Bertz CT molecular complexity index is 509. The smallest absolute Gasteiger partial charge is 0.228 e. The van der Waals surface area contributed by atoms with Crippen LogP contribution in [0.1, 0.15) is 6.92 Å². The van der Waals surface area contributed by atoms with Gasteiger partial charge >= 0.3 is 0 Å². The molecule has 0 aliphatic heterocycles. The minimum Gasteiger partial charge on any atom is -0.326 e. The molecule has 1 unspecified atom stereocenters. The minimum absolute atomic E-state index is 0.101. The normalized spacial score (nSPS) is 13.1. The van der Waals surface area contributed by atoms with Crippen LogP contribution in [0.25, 0.3) is 0 Å². The monoisotopic (exact) mass is 270 g/mol. The molecule has 1 aromatic carbocycles. The van der Waals surface area contributed by atoms with Crippen LogP contribution in [0.3, 0.4) is 0 Å². The zero-order valence-corrected chi connectivity index (χ0v) is 11.5. The zero-order valence-electron chi connectivity index (χ0n) is 10.7. The van der Waals surface area contributed by atoms with Crippen molar-refractivity contribution in [3.05, 3.63) is 24.3 Å². The van der Waals surface area contributed by atoms with E-state index in [1.54, 1.807) is 19.2 Å². The van der Waals surface area contributed by atoms with Crippen LogP contribution in [0.15, 0.2) is 29.2 Å². The Morgan fingerprint density at radius 1 is 1.28 bits per heavy atom. The van der Waals surface area contributed by atoms with Gasteiger partial charge in [0.05, 0.1) is 4.90 Å². The number of amides is 1. The molecule has 100 valence electrons. The minimum atomic E-state index is -3.20. The van der Waals surface area contributed by atoms with E-state index >= 15 is 0 Å². The topological polar surface area (TPSA) is 75.3 Å². The van der Waals surface area contributed by atoms with Gasteiger partial charge in [-0.3, -0.25) is 4.79 Å². The van der Waals surface area contributed by atoms with Crippen LogP contribution >= 0.6 is 0 Å². The van der Waals surface area contributed by atoms with Crippen LogP contribution in [-0.4, -0.2) is 34.2 Å². The Kier molecular flexibility index (Phi) is 4.86. The van der Waals surface area contributed by atoms with E-state index in [0.29, 0.717) is 12.2 Å². The van der Waals surface area contributed by atoms with Crippen molar-refractivity contribution < 1.29 is 13.2 Å². The van der Waals surface area contributed by atoms with Crippen LogP contribution in [0.2, 0.25) is 0 Å². The van der Waals surface area contributed by atoms with Gasteiger partial charge in [0, 0.05) is 24.4 Å². The summed E-state index contributed by atoms with van der Waals surface area (Å²) in [5.74, 6) is -0.249. The third kappa shape index (κ3) is 4.12. The molecule has 0 heterocycles. The van der Waals surface area contributed by atoms with Crippen molar-refractivity contribution in [2.24, 2.45) is 5.92 Å². The van der Waals surface area contributed by atoms with Crippen LogP contribution in [-0.2, 0) is 14.6 Å².